The lowest BCUT2D eigenvalue weighted by Gasteiger charge is -2.10. The number of nitro benzene ring substituents is 1. The van der Waals surface area contributed by atoms with E-state index in [1.165, 1.54) is 12.1 Å². The van der Waals surface area contributed by atoms with Crippen molar-refractivity contribution in [3.05, 3.63) is 68.2 Å². The van der Waals surface area contributed by atoms with Gasteiger partial charge in [0.15, 0.2) is 0 Å². The number of nitrogens with zero attached hydrogens (tertiary/aromatic N) is 2. The van der Waals surface area contributed by atoms with Gasteiger partial charge in [-0.3, -0.25) is 10.1 Å². The molecule has 5 nitrogen and oxygen atoms in total. The van der Waals surface area contributed by atoms with Crippen molar-refractivity contribution in [1.82, 2.24) is 0 Å². The average Bonchev–Trinajstić information content (AvgIpc) is 2.47. The number of hydrogen-bond donors (Lipinski definition) is 1. The molecule has 106 valence electrons. The molecule has 0 radical (unpaired) electrons. The summed E-state index contributed by atoms with van der Waals surface area (Å²) in [5.41, 5.74) is 3.01. The number of nitro groups is 1. The van der Waals surface area contributed by atoms with E-state index >= 15 is 0 Å². The van der Waals surface area contributed by atoms with Gasteiger partial charge in [-0.05, 0) is 36.2 Å². The van der Waals surface area contributed by atoms with E-state index in [1.54, 1.807) is 18.2 Å². The average molecular weight is 302 g/mol. The lowest BCUT2D eigenvalue weighted by atomic mass is 10.1. The highest BCUT2D eigenvalue weighted by Gasteiger charge is 2.12. The van der Waals surface area contributed by atoms with Gasteiger partial charge in [0.1, 0.15) is 5.02 Å². The molecule has 0 bridgehead atoms. The van der Waals surface area contributed by atoms with Gasteiger partial charge in [-0.1, -0.05) is 23.7 Å². The minimum Gasteiger partial charge on any atom is -0.381 e. The summed E-state index contributed by atoms with van der Waals surface area (Å²) >= 11 is 5.78. The highest BCUT2D eigenvalue weighted by atomic mass is 35.5. The van der Waals surface area contributed by atoms with Crippen LogP contribution in [0.15, 0.2) is 36.4 Å². The fraction of sp³-hybridized carbons (Fsp3) is 0.133. The Morgan fingerprint density at radius 3 is 2.76 bits per heavy atom. The Hall–Kier alpha value is -2.58. The maximum atomic E-state index is 10.9. The third-order valence-electron chi connectivity index (χ3n) is 3.06. The van der Waals surface area contributed by atoms with Gasteiger partial charge in [0, 0.05) is 18.3 Å². The summed E-state index contributed by atoms with van der Waals surface area (Å²) in [6, 6.07) is 12.1. The van der Waals surface area contributed by atoms with Crippen LogP contribution in [-0.4, -0.2) is 4.92 Å². The number of rotatable bonds is 4. The van der Waals surface area contributed by atoms with Crippen molar-refractivity contribution < 1.29 is 4.92 Å². The fourth-order valence-electron chi connectivity index (χ4n) is 1.89. The molecule has 0 aliphatic carbocycles. The fourth-order valence-corrected chi connectivity index (χ4v) is 2.07. The molecule has 0 aliphatic heterocycles. The molecule has 0 unspecified atom stereocenters. The molecule has 0 saturated carbocycles. The van der Waals surface area contributed by atoms with E-state index in [2.05, 4.69) is 11.4 Å². The zero-order chi connectivity index (χ0) is 15.4. The van der Waals surface area contributed by atoms with Crippen LogP contribution >= 0.6 is 11.6 Å². The van der Waals surface area contributed by atoms with Crippen molar-refractivity contribution in [1.29, 1.82) is 5.26 Å². The van der Waals surface area contributed by atoms with Gasteiger partial charge < -0.3 is 5.32 Å². The smallest absolute Gasteiger partial charge is 0.288 e. The van der Waals surface area contributed by atoms with Crippen LogP contribution in [-0.2, 0) is 6.54 Å². The third kappa shape index (κ3) is 3.50. The van der Waals surface area contributed by atoms with E-state index in [1.807, 2.05) is 13.0 Å². The second-order valence-corrected chi connectivity index (χ2v) is 4.95. The summed E-state index contributed by atoms with van der Waals surface area (Å²) in [6.07, 6.45) is 0. The molecule has 0 fully saturated rings. The zero-order valence-corrected chi connectivity index (χ0v) is 12.0. The number of aryl methyl sites for hydroxylation is 1. The van der Waals surface area contributed by atoms with Crippen LogP contribution < -0.4 is 5.32 Å². The van der Waals surface area contributed by atoms with Crippen LogP contribution in [0, 0.1) is 28.4 Å². The first-order chi connectivity index (χ1) is 10.0. The van der Waals surface area contributed by atoms with E-state index in [0.717, 1.165) is 16.8 Å². The molecule has 0 aliphatic rings. The SMILES string of the molecule is Cc1ccc(C#N)cc1NCc1ccc(Cl)c([N+](=O)[O-])c1. The summed E-state index contributed by atoms with van der Waals surface area (Å²) in [4.78, 5) is 10.3. The van der Waals surface area contributed by atoms with E-state index in [4.69, 9.17) is 16.9 Å². The van der Waals surface area contributed by atoms with Gasteiger partial charge >= 0.3 is 0 Å². The minimum atomic E-state index is -0.507. The van der Waals surface area contributed by atoms with Crippen molar-refractivity contribution in [3.8, 4) is 6.07 Å². The molecule has 2 rings (SSSR count). The third-order valence-corrected chi connectivity index (χ3v) is 3.38. The Morgan fingerprint density at radius 2 is 2.10 bits per heavy atom. The van der Waals surface area contributed by atoms with Crippen LogP contribution in [0.4, 0.5) is 11.4 Å². The topological polar surface area (TPSA) is 79.0 Å². The molecule has 0 heterocycles. The van der Waals surface area contributed by atoms with Crippen LogP contribution in [0.25, 0.3) is 0 Å². The number of anilines is 1. The normalized spacial score (nSPS) is 9.95. The van der Waals surface area contributed by atoms with Gasteiger partial charge in [-0.15, -0.1) is 0 Å². The number of benzene rings is 2. The molecule has 0 aromatic heterocycles. The van der Waals surface area contributed by atoms with Crippen molar-refractivity contribution >= 4 is 23.0 Å². The summed E-state index contributed by atoms with van der Waals surface area (Å²) in [6.45, 7) is 2.33. The van der Waals surface area contributed by atoms with Gasteiger partial charge in [0.25, 0.3) is 5.69 Å². The predicted molar refractivity (Wildman–Crippen MR) is 81.3 cm³/mol. The molecule has 6 heteroatoms. The van der Waals surface area contributed by atoms with E-state index in [0.29, 0.717) is 12.1 Å². The molecule has 1 N–H and O–H groups in total. The number of hydrogen-bond acceptors (Lipinski definition) is 4. The van der Waals surface area contributed by atoms with Crippen molar-refractivity contribution in [2.24, 2.45) is 0 Å². The lowest BCUT2D eigenvalue weighted by molar-refractivity contribution is -0.384. The molecule has 0 amide bonds. The zero-order valence-electron chi connectivity index (χ0n) is 11.3. The van der Waals surface area contributed by atoms with Gasteiger partial charge in [0.2, 0.25) is 0 Å². The van der Waals surface area contributed by atoms with Crippen molar-refractivity contribution in [2.45, 2.75) is 13.5 Å². The molecular weight excluding hydrogens is 290 g/mol. The largest absolute Gasteiger partial charge is 0.381 e. The van der Waals surface area contributed by atoms with Gasteiger partial charge in [0.05, 0.1) is 16.6 Å². The summed E-state index contributed by atoms with van der Waals surface area (Å²) in [7, 11) is 0. The van der Waals surface area contributed by atoms with E-state index in [-0.39, 0.29) is 10.7 Å². The molecule has 2 aromatic rings. The van der Waals surface area contributed by atoms with Crippen LogP contribution in [0.1, 0.15) is 16.7 Å². The molecule has 0 spiro atoms. The Balaban J connectivity index is 2.19. The second kappa shape index (κ2) is 6.25. The minimum absolute atomic E-state index is 0.113. The van der Waals surface area contributed by atoms with Gasteiger partial charge in [-0.25, -0.2) is 0 Å². The number of nitriles is 1. The van der Waals surface area contributed by atoms with Crippen LogP contribution in [0.5, 0.6) is 0 Å². The standard InChI is InChI=1S/C15H12ClN3O2/c1-10-2-3-11(8-17)6-14(10)18-9-12-4-5-13(16)15(7-12)19(20)21/h2-7,18H,9H2,1H3. The maximum Gasteiger partial charge on any atom is 0.288 e. The first-order valence-electron chi connectivity index (χ1n) is 6.18. The number of nitrogens with one attached hydrogen (secondary N) is 1. The maximum absolute atomic E-state index is 10.9. The highest BCUT2D eigenvalue weighted by Crippen LogP contribution is 2.26. The molecular formula is C15H12ClN3O2. The molecule has 0 saturated heterocycles. The Kier molecular flexibility index (Phi) is 4.41. The van der Waals surface area contributed by atoms with Crippen molar-refractivity contribution in [3.63, 3.8) is 0 Å². The quantitative estimate of drug-likeness (QED) is 0.682. The first kappa shape index (κ1) is 14.8. The highest BCUT2D eigenvalue weighted by molar-refractivity contribution is 6.32. The Bertz CT molecular complexity index is 738. The summed E-state index contributed by atoms with van der Waals surface area (Å²) in [5.74, 6) is 0. The second-order valence-electron chi connectivity index (χ2n) is 4.54. The van der Waals surface area contributed by atoms with Crippen molar-refractivity contribution in [2.75, 3.05) is 5.32 Å². The van der Waals surface area contributed by atoms with E-state index in [9.17, 15) is 10.1 Å². The Morgan fingerprint density at radius 1 is 1.33 bits per heavy atom. The lowest BCUT2D eigenvalue weighted by Crippen LogP contribution is -2.02. The van der Waals surface area contributed by atoms with Crippen LogP contribution in [0.3, 0.4) is 0 Å². The van der Waals surface area contributed by atoms with Crippen LogP contribution in [0.2, 0.25) is 5.02 Å². The molecule has 21 heavy (non-hydrogen) atoms. The van der Waals surface area contributed by atoms with E-state index < -0.39 is 4.92 Å². The first-order valence-corrected chi connectivity index (χ1v) is 6.56. The van der Waals surface area contributed by atoms with Gasteiger partial charge in [-0.2, -0.15) is 5.26 Å². The Labute approximate surface area is 126 Å². The monoisotopic (exact) mass is 301 g/mol. The predicted octanol–water partition coefficient (Wildman–Crippen LogP) is 4.04. The molecule has 2 aromatic carbocycles. The summed E-state index contributed by atoms with van der Waals surface area (Å²) < 4.78 is 0. The molecule has 0 atom stereocenters. The number of halogens is 1. The summed E-state index contributed by atoms with van der Waals surface area (Å²) in [5, 5.41) is 23.0.